The fourth-order valence-corrected chi connectivity index (χ4v) is 5.61. The molecule has 7 heteroatoms. The minimum atomic E-state index is -3.14. The molecule has 0 radical (unpaired) electrons. The Morgan fingerprint density at radius 2 is 1.12 bits per heavy atom. The van der Waals surface area contributed by atoms with E-state index in [-0.39, 0.29) is 11.5 Å². The summed E-state index contributed by atoms with van der Waals surface area (Å²) in [5.74, 6) is 2.13. The van der Waals surface area contributed by atoms with Crippen LogP contribution in [0.1, 0.15) is 36.8 Å². The first kappa shape index (κ1) is 24.0. The van der Waals surface area contributed by atoms with E-state index in [1.807, 2.05) is 36.4 Å². The molecule has 2 aliphatic carbocycles. The Labute approximate surface area is 198 Å². The minimum Gasteiger partial charge on any atom is -0.496 e. The number of hydrogen-bond acceptors (Lipinski definition) is 6. The summed E-state index contributed by atoms with van der Waals surface area (Å²) in [5, 5.41) is 0. The maximum absolute atomic E-state index is 13.0. The zero-order valence-electron chi connectivity index (χ0n) is 19.8. The third kappa shape index (κ3) is 6.95. The monoisotopic (exact) mass is 472 g/mol. The first-order chi connectivity index (χ1) is 16.0. The van der Waals surface area contributed by atoms with Crippen molar-refractivity contribution in [2.24, 2.45) is 0 Å². The summed E-state index contributed by atoms with van der Waals surface area (Å²) in [5.41, 5.74) is 2.22. The molecule has 0 saturated heterocycles. The summed E-state index contributed by atoms with van der Waals surface area (Å²) in [6, 6.07) is 17.0. The Morgan fingerprint density at radius 3 is 1.48 bits per heavy atom. The second-order valence-electron chi connectivity index (χ2n) is 9.18. The second kappa shape index (κ2) is 10.9. The molecule has 2 fully saturated rings. The molecule has 4 rings (SSSR count). The van der Waals surface area contributed by atoms with Crippen LogP contribution in [-0.2, 0) is 22.9 Å². The highest BCUT2D eigenvalue weighted by Gasteiger charge is 2.32. The Morgan fingerprint density at radius 1 is 0.727 bits per heavy atom. The lowest BCUT2D eigenvalue weighted by Crippen LogP contribution is -2.35. The molecule has 2 aliphatic rings. The van der Waals surface area contributed by atoms with E-state index in [2.05, 4.69) is 21.9 Å². The predicted molar refractivity (Wildman–Crippen MR) is 132 cm³/mol. The Bertz CT molecular complexity index is 943. The zero-order chi connectivity index (χ0) is 23.3. The highest BCUT2D eigenvalue weighted by atomic mass is 32.2. The lowest BCUT2D eigenvalue weighted by Gasteiger charge is -2.25. The van der Waals surface area contributed by atoms with Crippen LogP contribution >= 0.6 is 0 Å². The number of methoxy groups -OCH3 is 2. The summed E-state index contributed by atoms with van der Waals surface area (Å²) < 4.78 is 36.9. The van der Waals surface area contributed by atoms with E-state index in [0.29, 0.717) is 25.2 Å². The van der Waals surface area contributed by atoms with Crippen LogP contribution in [0.25, 0.3) is 0 Å². The van der Waals surface area contributed by atoms with Gasteiger partial charge in [0.05, 0.1) is 25.7 Å². The van der Waals surface area contributed by atoms with E-state index >= 15 is 0 Å². The highest BCUT2D eigenvalue weighted by Crippen LogP contribution is 2.31. The fourth-order valence-electron chi connectivity index (χ4n) is 4.38. The van der Waals surface area contributed by atoms with Crippen molar-refractivity contribution < 1.29 is 17.9 Å². The summed E-state index contributed by atoms with van der Waals surface area (Å²) in [7, 11) is 0.219. The molecule has 2 aromatic rings. The minimum absolute atomic E-state index is 0.200. The molecule has 0 heterocycles. The smallest absolute Gasteiger partial charge is 0.152 e. The highest BCUT2D eigenvalue weighted by molar-refractivity contribution is 7.91. The van der Waals surface area contributed by atoms with Crippen molar-refractivity contribution in [1.29, 1.82) is 0 Å². The average molecular weight is 473 g/mol. The van der Waals surface area contributed by atoms with Gasteiger partial charge < -0.3 is 9.47 Å². The maximum Gasteiger partial charge on any atom is 0.152 e. The number of ether oxygens (including phenoxy) is 2. The molecule has 0 unspecified atom stereocenters. The van der Waals surface area contributed by atoms with Crippen LogP contribution in [0.4, 0.5) is 0 Å². The molecular formula is C26H36N2O4S. The molecule has 2 saturated carbocycles. The number of benzene rings is 2. The van der Waals surface area contributed by atoms with Gasteiger partial charge in [-0.3, -0.25) is 9.80 Å². The van der Waals surface area contributed by atoms with Gasteiger partial charge in [-0.15, -0.1) is 0 Å². The van der Waals surface area contributed by atoms with Crippen LogP contribution < -0.4 is 9.47 Å². The van der Waals surface area contributed by atoms with Crippen molar-refractivity contribution in [1.82, 2.24) is 9.80 Å². The number of para-hydroxylation sites is 2. The number of hydrogen-bond donors (Lipinski definition) is 0. The second-order valence-corrected chi connectivity index (χ2v) is 11.5. The summed E-state index contributed by atoms with van der Waals surface area (Å²) in [4.78, 5) is 4.62. The zero-order valence-corrected chi connectivity index (χ0v) is 20.6. The van der Waals surface area contributed by atoms with Crippen LogP contribution in [0.3, 0.4) is 0 Å². The van der Waals surface area contributed by atoms with E-state index in [0.717, 1.165) is 61.4 Å². The summed E-state index contributed by atoms with van der Waals surface area (Å²) in [6.07, 6.45) is 4.57. The number of nitrogens with zero attached hydrogens (tertiary/aromatic N) is 2. The molecule has 33 heavy (non-hydrogen) atoms. The van der Waals surface area contributed by atoms with Gasteiger partial charge in [0, 0.05) is 49.4 Å². The summed E-state index contributed by atoms with van der Waals surface area (Å²) >= 11 is 0. The SMILES string of the molecule is COc1ccccc1CN(CCS(=O)(=O)CCN(Cc1ccccc1OC)C1CC1)C1CC1. The van der Waals surface area contributed by atoms with Crippen LogP contribution in [0.2, 0.25) is 0 Å². The Kier molecular flexibility index (Phi) is 7.94. The van der Waals surface area contributed by atoms with Crippen molar-refractivity contribution in [3.8, 4) is 11.5 Å². The van der Waals surface area contributed by atoms with Crippen molar-refractivity contribution in [3.05, 3.63) is 59.7 Å². The Balaban J connectivity index is 1.33. The van der Waals surface area contributed by atoms with Gasteiger partial charge in [0.2, 0.25) is 0 Å². The fraction of sp³-hybridized carbons (Fsp3) is 0.538. The maximum atomic E-state index is 13.0. The molecule has 0 amide bonds. The standard InChI is InChI=1S/C26H36N2O4S/c1-31-25-9-5-3-7-21(25)19-27(23-11-12-23)15-17-33(29,30)18-16-28(24-13-14-24)20-22-8-4-6-10-26(22)32-2/h3-10,23-24H,11-20H2,1-2H3. The molecule has 0 aliphatic heterocycles. The predicted octanol–water partition coefficient (Wildman–Crippen LogP) is 3.75. The first-order valence-corrected chi connectivity index (χ1v) is 13.7. The summed E-state index contributed by atoms with van der Waals surface area (Å²) in [6.45, 7) is 2.60. The quantitative estimate of drug-likeness (QED) is 0.417. The van der Waals surface area contributed by atoms with Crippen LogP contribution in [0, 0.1) is 0 Å². The molecule has 6 nitrogen and oxygen atoms in total. The van der Waals surface area contributed by atoms with Gasteiger partial charge in [-0.1, -0.05) is 36.4 Å². The van der Waals surface area contributed by atoms with Gasteiger partial charge in [0.15, 0.2) is 9.84 Å². The molecule has 0 bridgehead atoms. The molecule has 180 valence electrons. The van der Waals surface area contributed by atoms with Gasteiger partial charge in [0.1, 0.15) is 11.5 Å². The molecule has 0 aromatic heterocycles. The van der Waals surface area contributed by atoms with Crippen molar-refractivity contribution >= 4 is 9.84 Å². The van der Waals surface area contributed by atoms with Crippen LogP contribution in [-0.4, -0.2) is 69.1 Å². The normalized spacial score (nSPS) is 16.4. The van der Waals surface area contributed by atoms with Gasteiger partial charge in [-0.2, -0.15) is 0 Å². The molecule has 0 N–H and O–H groups in total. The molecular weight excluding hydrogens is 436 g/mol. The average Bonchev–Trinajstić information content (AvgIpc) is 3.73. The Hall–Kier alpha value is -2.09. The van der Waals surface area contributed by atoms with Crippen LogP contribution in [0.5, 0.6) is 11.5 Å². The van der Waals surface area contributed by atoms with Gasteiger partial charge in [0.25, 0.3) is 0 Å². The van der Waals surface area contributed by atoms with E-state index < -0.39 is 9.84 Å². The third-order valence-electron chi connectivity index (χ3n) is 6.64. The van der Waals surface area contributed by atoms with Gasteiger partial charge in [-0.25, -0.2) is 8.42 Å². The first-order valence-electron chi connectivity index (χ1n) is 11.9. The van der Waals surface area contributed by atoms with Crippen molar-refractivity contribution in [3.63, 3.8) is 0 Å². The lowest BCUT2D eigenvalue weighted by atomic mass is 10.2. The molecule has 2 aromatic carbocycles. The van der Waals surface area contributed by atoms with E-state index in [1.165, 1.54) is 0 Å². The van der Waals surface area contributed by atoms with Gasteiger partial charge >= 0.3 is 0 Å². The third-order valence-corrected chi connectivity index (χ3v) is 8.25. The van der Waals surface area contributed by atoms with Crippen molar-refractivity contribution in [2.45, 2.75) is 50.9 Å². The van der Waals surface area contributed by atoms with Gasteiger partial charge in [-0.05, 0) is 37.8 Å². The lowest BCUT2D eigenvalue weighted by molar-refractivity contribution is 0.261. The topological polar surface area (TPSA) is 59.1 Å². The number of sulfone groups is 1. The van der Waals surface area contributed by atoms with Crippen molar-refractivity contribution in [2.75, 3.05) is 38.8 Å². The molecule has 0 spiro atoms. The largest absolute Gasteiger partial charge is 0.496 e. The van der Waals surface area contributed by atoms with E-state index in [9.17, 15) is 8.42 Å². The van der Waals surface area contributed by atoms with Crippen LogP contribution in [0.15, 0.2) is 48.5 Å². The number of rotatable bonds is 14. The molecule has 0 atom stereocenters. The van der Waals surface area contributed by atoms with E-state index in [4.69, 9.17) is 9.47 Å². The van der Waals surface area contributed by atoms with E-state index in [1.54, 1.807) is 14.2 Å².